The third-order valence-electron chi connectivity index (χ3n) is 1.51. The van der Waals surface area contributed by atoms with Gasteiger partial charge in [0, 0.05) is 26.5 Å². The number of carboxylic acid groups (broad SMARTS) is 1. The maximum Gasteiger partial charge on any atom is 1.00 e. The first-order valence-corrected chi connectivity index (χ1v) is 3.47. The molecule has 0 spiro atoms. The molecule has 66 valence electrons. The second-order valence-electron chi connectivity index (χ2n) is 2.59. The topological polar surface area (TPSA) is 53.4 Å². The molecule has 0 bridgehead atoms. The molecule has 0 unspecified atom stereocenters. The van der Waals surface area contributed by atoms with Gasteiger partial charge in [-0.05, 0) is 6.07 Å². The molecule has 0 aliphatic rings. The average Bonchev–Trinajstić information content (AvgIpc) is 2.04. The van der Waals surface area contributed by atoms with Gasteiger partial charge in [-0.2, -0.15) is 0 Å². The van der Waals surface area contributed by atoms with Gasteiger partial charge in [-0.3, -0.25) is 4.98 Å². The largest absolute Gasteiger partial charge is 1.00 e. The van der Waals surface area contributed by atoms with Crippen molar-refractivity contribution >= 4 is 11.7 Å². The van der Waals surface area contributed by atoms with Gasteiger partial charge in [-0.1, -0.05) is 0 Å². The van der Waals surface area contributed by atoms with Crippen molar-refractivity contribution in [2.75, 3.05) is 19.0 Å². The van der Waals surface area contributed by atoms with Crippen LogP contribution in [0.4, 0.5) is 5.69 Å². The van der Waals surface area contributed by atoms with Gasteiger partial charge in [0.1, 0.15) is 5.56 Å². The molecule has 13 heavy (non-hydrogen) atoms. The van der Waals surface area contributed by atoms with E-state index >= 15 is 0 Å². The van der Waals surface area contributed by atoms with E-state index in [0.29, 0.717) is 5.69 Å². The summed E-state index contributed by atoms with van der Waals surface area (Å²) in [6.45, 7) is 0. The van der Waals surface area contributed by atoms with E-state index < -0.39 is 5.97 Å². The molecule has 4 nitrogen and oxygen atoms in total. The Hall–Kier alpha value is 0.0564. The minimum atomic E-state index is -0.952. The number of carbonyl (C=O) groups is 1. The average molecular weight is 206 g/mol. The third kappa shape index (κ3) is 3.36. The Labute approximate surface area is 121 Å². The molecule has 0 aliphatic carbocycles. The van der Waals surface area contributed by atoms with Crippen molar-refractivity contribution in [2.24, 2.45) is 0 Å². The van der Waals surface area contributed by atoms with E-state index in [1.165, 1.54) is 6.20 Å². The number of pyridine rings is 1. The molecule has 1 rings (SSSR count). The molecular weight excluding hydrogens is 195 g/mol. The van der Waals surface area contributed by atoms with Gasteiger partial charge in [0.25, 0.3) is 0 Å². The minimum Gasteiger partial charge on any atom is -1.00 e. The van der Waals surface area contributed by atoms with Gasteiger partial charge < -0.3 is 11.4 Å². The quantitative estimate of drug-likeness (QED) is 0.567. The van der Waals surface area contributed by atoms with E-state index in [2.05, 4.69) is 4.98 Å². The minimum absolute atomic E-state index is 0. The molecule has 1 N–H and O–H groups in total. The van der Waals surface area contributed by atoms with Gasteiger partial charge in [0.15, 0.2) is 0 Å². The van der Waals surface area contributed by atoms with Crippen LogP contribution in [0.3, 0.4) is 0 Å². The number of carboxylic acids is 1. The smallest absolute Gasteiger partial charge is 1.00 e. The van der Waals surface area contributed by atoms with Crippen LogP contribution in [0.15, 0.2) is 18.5 Å². The van der Waals surface area contributed by atoms with Crippen LogP contribution in [0.25, 0.3) is 0 Å². The van der Waals surface area contributed by atoms with E-state index in [9.17, 15) is 4.79 Å². The van der Waals surface area contributed by atoms with E-state index in [0.717, 1.165) is 0 Å². The predicted molar refractivity (Wildman–Crippen MR) is 46.6 cm³/mol. The zero-order valence-corrected chi connectivity index (χ0v) is 11.1. The zero-order valence-electron chi connectivity index (χ0n) is 8.98. The van der Waals surface area contributed by atoms with Crippen LogP contribution in [0, 0.1) is 0 Å². The van der Waals surface area contributed by atoms with Crippen LogP contribution in [0.1, 0.15) is 11.8 Å². The number of hydrogen-bond donors (Lipinski definition) is 1. The monoisotopic (exact) mass is 206 g/mol. The van der Waals surface area contributed by atoms with Crippen molar-refractivity contribution < 1.29 is 62.7 Å². The Morgan fingerprint density at radius 3 is 2.62 bits per heavy atom. The Kier molecular flexibility index (Phi) is 5.74. The molecule has 0 saturated carbocycles. The fourth-order valence-corrected chi connectivity index (χ4v) is 0.942. The molecule has 0 saturated heterocycles. The normalized spacial score (nSPS) is 8.77. The van der Waals surface area contributed by atoms with Crippen molar-refractivity contribution in [3.63, 3.8) is 0 Å². The summed E-state index contributed by atoms with van der Waals surface area (Å²) in [5, 5.41) is 8.75. The number of aromatic carboxylic acids is 1. The third-order valence-corrected chi connectivity index (χ3v) is 1.51. The van der Waals surface area contributed by atoms with Gasteiger partial charge in [-0.15, -0.1) is 0 Å². The van der Waals surface area contributed by atoms with Crippen molar-refractivity contribution in [1.29, 1.82) is 0 Å². The summed E-state index contributed by atoms with van der Waals surface area (Å²) in [5.74, 6) is -0.952. The van der Waals surface area contributed by atoms with E-state index in [4.69, 9.17) is 5.11 Å². The van der Waals surface area contributed by atoms with Crippen molar-refractivity contribution in [3.05, 3.63) is 24.0 Å². The van der Waals surface area contributed by atoms with E-state index in [-0.39, 0.29) is 58.4 Å². The fraction of sp³-hybridized carbons (Fsp3) is 0.250. The van der Waals surface area contributed by atoms with Crippen LogP contribution in [-0.4, -0.2) is 30.2 Å². The molecule has 0 aliphatic heterocycles. The first kappa shape index (κ1) is 13.1. The van der Waals surface area contributed by atoms with Gasteiger partial charge in [-0.25, -0.2) is 4.79 Å². The summed E-state index contributed by atoms with van der Waals surface area (Å²) >= 11 is 0. The molecule has 0 aromatic carbocycles. The molecule has 0 radical (unpaired) electrons. The van der Waals surface area contributed by atoms with Gasteiger partial charge in [0.2, 0.25) is 0 Å². The van der Waals surface area contributed by atoms with Crippen molar-refractivity contribution in [1.82, 2.24) is 4.98 Å². The van der Waals surface area contributed by atoms with Crippen molar-refractivity contribution in [2.45, 2.75) is 0 Å². The van der Waals surface area contributed by atoms with Crippen LogP contribution in [0.5, 0.6) is 0 Å². The van der Waals surface area contributed by atoms with Gasteiger partial charge in [0.05, 0.1) is 5.69 Å². The van der Waals surface area contributed by atoms with Crippen LogP contribution < -0.4 is 56.3 Å². The summed E-state index contributed by atoms with van der Waals surface area (Å²) in [5.41, 5.74) is 0.889. The Morgan fingerprint density at radius 2 is 2.23 bits per heavy atom. The number of hydrogen-bond acceptors (Lipinski definition) is 3. The van der Waals surface area contributed by atoms with Crippen LogP contribution in [0.2, 0.25) is 0 Å². The molecule has 1 heterocycles. The molecule has 1 aromatic rings. The molecule has 0 fully saturated rings. The Balaban J connectivity index is 0. The first-order chi connectivity index (χ1) is 5.63. The molecule has 1 aromatic heterocycles. The summed E-state index contributed by atoms with van der Waals surface area (Å²) in [7, 11) is 3.59. The van der Waals surface area contributed by atoms with Crippen LogP contribution >= 0.6 is 0 Å². The van der Waals surface area contributed by atoms with Gasteiger partial charge >= 0.3 is 57.4 Å². The van der Waals surface area contributed by atoms with E-state index in [1.54, 1.807) is 31.3 Å². The number of rotatable bonds is 2. The van der Waals surface area contributed by atoms with Crippen LogP contribution in [-0.2, 0) is 0 Å². The fourth-order valence-electron chi connectivity index (χ4n) is 0.942. The summed E-state index contributed by atoms with van der Waals surface area (Å²) in [4.78, 5) is 16.1. The van der Waals surface area contributed by atoms with E-state index in [1.807, 2.05) is 0 Å². The maximum atomic E-state index is 10.7. The summed E-state index contributed by atoms with van der Waals surface area (Å²) in [6.07, 6.45) is 2.92. The second-order valence-corrected chi connectivity index (χ2v) is 2.59. The molecule has 0 amide bonds. The first-order valence-electron chi connectivity index (χ1n) is 3.47. The molecule has 5 heteroatoms. The molecule has 0 atom stereocenters. The number of aromatic nitrogens is 1. The second kappa shape index (κ2) is 5.72. The maximum absolute atomic E-state index is 10.7. The zero-order chi connectivity index (χ0) is 9.14. The number of nitrogens with zero attached hydrogens (tertiary/aromatic N) is 2. The Morgan fingerprint density at radius 1 is 1.62 bits per heavy atom. The SMILES string of the molecule is CN(C)c1ccncc1C(=O)O.[H-].[K+]. The summed E-state index contributed by atoms with van der Waals surface area (Å²) in [6, 6.07) is 1.67. The number of anilines is 1. The summed E-state index contributed by atoms with van der Waals surface area (Å²) < 4.78 is 0. The molecular formula is C8H11KN2O2. The standard InChI is InChI=1S/C8H10N2O2.K.H/c1-10(2)7-3-4-9-5-6(7)8(11)12;;/h3-5H,1-2H3,(H,11,12);;/q;+1;-1. The van der Waals surface area contributed by atoms with Crippen molar-refractivity contribution in [3.8, 4) is 0 Å². The predicted octanol–water partition coefficient (Wildman–Crippen LogP) is -2.04. The Bertz CT molecular complexity index is 307.